The summed E-state index contributed by atoms with van der Waals surface area (Å²) in [6, 6.07) is 13.9. The Balaban J connectivity index is 0.000000465. The van der Waals surface area contributed by atoms with Gasteiger partial charge in [0, 0.05) is 68.3 Å². The number of aliphatic imine (C=N–C) groups is 1. The summed E-state index contributed by atoms with van der Waals surface area (Å²) >= 11 is 0. The first-order valence-electron chi connectivity index (χ1n) is 19.2. The first kappa shape index (κ1) is 43.5. The number of nitrogens with two attached hydrogens (primary N) is 1. The zero-order valence-corrected chi connectivity index (χ0v) is 33.8. The van der Waals surface area contributed by atoms with Crippen molar-refractivity contribution in [1.29, 1.82) is 5.41 Å². The Hall–Kier alpha value is -4.92. The molecule has 0 radical (unpaired) electrons. The van der Waals surface area contributed by atoms with E-state index in [1.807, 2.05) is 68.1 Å². The van der Waals surface area contributed by atoms with E-state index >= 15 is 0 Å². The fourth-order valence-corrected chi connectivity index (χ4v) is 6.36. The van der Waals surface area contributed by atoms with Crippen LogP contribution in [0.3, 0.4) is 0 Å². The number of nitrogens with one attached hydrogen (secondary N) is 3. The molecule has 0 saturated carbocycles. The highest BCUT2D eigenvalue weighted by atomic mass is 19.1. The average molecular weight is 737 g/mol. The maximum Gasteiger partial charge on any atom is 0.122 e. The Kier molecular flexibility index (Phi) is 17.0. The standard InChI is InChI=1S/C34H48FN5.C9H12N2.C2H5N/c1-25(38-24-34(5,6)35)29(22-31(36)26-16-18-27(37-7)19-17-26)28-14-13-15-32-30(28)23-39-40(32)21-12-10-8-9-11-20-33(2,3)4;1-2-11-6-8-3-4-10-5-9(8)7-11;1-2-3/h13-19,22-23,36-38H,1,8-12,20-21,24H2,2-7H3;2,5H,1,3-4,6-7H2;2H,1,3H2/b29-22+,36-31?;;. The zero-order valence-electron chi connectivity index (χ0n) is 33.8. The number of alkyl halides is 1. The maximum atomic E-state index is 14.4. The van der Waals surface area contributed by atoms with Gasteiger partial charge in [0.15, 0.2) is 0 Å². The van der Waals surface area contributed by atoms with Crippen LogP contribution < -0.4 is 16.4 Å². The van der Waals surface area contributed by atoms with Crippen molar-refractivity contribution in [3.63, 3.8) is 0 Å². The molecule has 0 amide bonds. The number of anilines is 1. The molecule has 3 aromatic rings. The molecule has 2 aliphatic rings. The highest BCUT2D eigenvalue weighted by Crippen LogP contribution is 2.30. The quantitative estimate of drug-likeness (QED) is 0.0666. The van der Waals surface area contributed by atoms with E-state index in [0.717, 1.165) is 72.3 Å². The third-order valence-corrected chi connectivity index (χ3v) is 9.36. The summed E-state index contributed by atoms with van der Waals surface area (Å²) in [6.45, 7) is 25.2. The first-order valence-corrected chi connectivity index (χ1v) is 19.2. The Morgan fingerprint density at radius 1 is 1.00 bits per heavy atom. The number of dihydropyridines is 1. The number of allylic oxidation sites excluding steroid dienone is 2. The van der Waals surface area contributed by atoms with Crippen molar-refractivity contribution in [2.24, 2.45) is 16.1 Å². The van der Waals surface area contributed by atoms with Crippen LogP contribution in [0, 0.1) is 10.8 Å². The number of unbranched alkanes of at least 4 members (excludes halogenated alkanes) is 4. The molecule has 9 heteroatoms. The molecule has 5 N–H and O–H groups in total. The van der Waals surface area contributed by atoms with Gasteiger partial charge in [0.2, 0.25) is 0 Å². The van der Waals surface area contributed by atoms with Crippen molar-refractivity contribution in [1.82, 2.24) is 20.0 Å². The maximum absolute atomic E-state index is 14.4. The molecule has 1 aromatic heterocycles. The summed E-state index contributed by atoms with van der Waals surface area (Å²) in [7, 11) is 1.87. The fourth-order valence-electron chi connectivity index (χ4n) is 6.36. The van der Waals surface area contributed by atoms with Crippen molar-refractivity contribution in [3.05, 3.63) is 115 Å². The van der Waals surface area contributed by atoms with E-state index in [2.05, 4.69) is 77.5 Å². The van der Waals surface area contributed by atoms with E-state index in [-0.39, 0.29) is 6.54 Å². The van der Waals surface area contributed by atoms with Crippen LogP contribution in [0.2, 0.25) is 0 Å². The van der Waals surface area contributed by atoms with E-state index in [1.54, 1.807) is 5.57 Å². The van der Waals surface area contributed by atoms with Crippen LogP contribution in [0.5, 0.6) is 0 Å². The first-order chi connectivity index (χ1) is 25.7. The van der Waals surface area contributed by atoms with Crippen LogP contribution in [0.15, 0.2) is 109 Å². The molecule has 0 bridgehead atoms. The zero-order chi connectivity index (χ0) is 39.7. The topological polar surface area (TPSA) is 107 Å². The monoisotopic (exact) mass is 737 g/mol. The van der Waals surface area contributed by atoms with Crippen molar-refractivity contribution < 1.29 is 4.39 Å². The minimum Gasteiger partial charge on any atom is -0.405 e. The van der Waals surface area contributed by atoms with Gasteiger partial charge in [-0.1, -0.05) is 90.5 Å². The Morgan fingerprint density at radius 3 is 2.31 bits per heavy atom. The van der Waals surface area contributed by atoms with Gasteiger partial charge in [-0.25, -0.2) is 4.39 Å². The highest BCUT2D eigenvalue weighted by Gasteiger charge is 2.20. The Labute approximate surface area is 324 Å². The smallest absolute Gasteiger partial charge is 0.122 e. The molecule has 0 fully saturated rings. The lowest BCUT2D eigenvalue weighted by atomic mass is 9.89. The summed E-state index contributed by atoms with van der Waals surface area (Å²) < 4.78 is 16.4. The third-order valence-electron chi connectivity index (χ3n) is 9.36. The van der Waals surface area contributed by atoms with Gasteiger partial charge in [-0.3, -0.25) is 9.67 Å². The van der Waals surface area contributed by atoms with Gasteiger partial charge in [0.05, 0.1) is 17.4 Å². The summed E-state index contributed by atoms with van der Waals surface area (Å²) in [5, 5.41) is 20.8. The number of nitrogens with zero attached hydrogens (tertiary/aromatic N) is 4. The van der Waals surface area contributed by atoms with E-state index in [4.69, 9.17) is 10.5 Å². The van der Waals surface area contributed by atoms with Crippen LogP contribution in [0.25, 0.3) is 16.5 Å². The summed E-state index contributed by atoms with van der Waals surface area (Å²) in [4.78, 5) is 6.47. The number of benzene rings is 2. The van der Waals surface area contributed by atoms with Crippen LogP contribution in [0.1, 0.15) is 90.7 Å². The lowest BCUT2D eigenvalue weighted by molar-refractivity contribution is 0.216. The fraction of sp³-hybridized carbons (Fsp3) is 0.444. The molecule has 0 unspecified atom stereocenters. The van der Waals surface area contributed by atoms with Crippen LogP contribution in [-0.2, 0) is 6.54 Å². The number of hydrogen-bond acceptors (Lipinski definition) is 7. The number of halogens is 1. The normalized spacial score (nSPS) is 14.1. The molecular formula is C45H65FN8. The van der Waals surface area contributed by atoms with E-state index in [1.165, 1.54) is 57.7 Å². The molecule has 0 atom stereocenters. The van der Waals surface area contributed by atoms with Gasteiger partial charge in [0.1, 0.15) is 5.67 Å². The van der Waals surface area contributed by atoms with Gasteiger partial charge < -0.3 is 26.7 Å². The lowest BCUT2D eigenvalue weighted by Crippen LogP contribution is -2.30. The largest absolute Gasteiger partial charge is 0.405 e. The van der Waals surface area contributed by atoms with E-state index in [0.29, 0.717) is 16.8 Å². The Morgan fingerprint density at radius 2 is 1.69 bits per heavy atom. The van der Waals surface area contributed by atoms with Crippen molar-refractivity contribution in [2.75, 3.05) is 38.5 Å². The lowest BCUT2D eigenvalue weighted by Gasteiger charge is -2.20. The molecule has 0 aliphatic carbocycles. The molecule has 0 spiro atoms. The van der Waals surface area contributed by atoms with Gasteiger partial charge in [-0.2, -0.15) is 5.10 Å². The van der Waals surface area contributed by atoms with Crippen LogP contribution in [0.4, 0.5) is 10.1 Å². The third kappa shape index (κ3) is 14.1. The van der Waals surface area contributed by atoms with Crippen molar-refractivity contribution in [2.45, 2.75) is 91.8 Å². The number of fused-ring (bicyclic) bond motifs is 1. The predicted octanol–water partition coefficient (Wildman–Crippen LogP) is 10.1. The minimum absolute atomic E-state index is 0.123. The molecule has 2 aliphatic heterocycles. The van der Waals surface area contributed by atoms with E-state index < -0.39 is 5.67 Å². The second-order valence-corrected chi connectivity index (χ2v) is 15.8. The predicted molar refractivity (Wildman–Crippen MR) is 231 cm³/mol. The van der Waals surface area contributed by atoms with Crippen LogP contribution >= 0.6 is 0 Å². The molecule has 3 heterocycles. The Bertz CT molecular complexity index is 1780. The molecule has 54 heavy (non-hydrogen) atoms. The number of aryl methyl sites for hydroxylation is 1. The highest BCUT2D eigenvalue weighted by molar-refractivity contribution is 6.13. The second kappa shape index (κ2) is 21.1. The molecule has 292 valence electrons. The average Bonchev–Trinajstić information content (AvgIpc) is 3.76. The summed E-state index contributed by atoms with van der Waals surface area (Å²) in [5.41, 5.74) is 12.1. The van der Waals surface area contributed by atoms with Gasteiger partial charge in [-0.05, 0) is 97.5 Å². The second-order valence-electron chi connectivity index (χ2n) is 15.8. The number of aromatic nitrogens is 2. The van der Waals surface area contributed by atoms with Crippen LogP contribution in [-0.4, -0.2) is 65.5 Å². The minimum atomic E-state index is -1.39. The molecule has 2 aromatic carbocycles. The number of rotatable bonds is 16. The van der Waals surface area contributed by atoms with Gasteiger partial charge in [-0.15, -0.1) is 0 Å². The molecular weight excluding hydrogens is 672 g/mol. The summed E-state index contributed by atoms with van der Waals surface area (Å²) in [5.74, 6) is 0. The molecule has 5 rings (SSSR count). The number of hydrogen-bond donors (Lipinski definition) is 4. The van der Waals surface area contributed by atoms with E-state index in [9.17, 15) is 4.39 Å². The SMILES string of the molecule is C=C(NCC(C)(C)F)/C(=C\C(=N)c1ccc(NC)cc1)c1cccc2c1cnn2CCCCCCCC(C)(C)C.C=CN.C=CN1CC2=C(CCN=C2)C1. The molecule has 8 nitrogen and oxygen atoms in total. The molecule has 0 saturated heterocycles. The van der Waals surface area contributed by atoms with Gasteiger partial charge >= 0.3 is 0 Å². The van der Waals surface area contributed by atoms with Crippen molar-refractivity contribution in [3.8, 4) is 0 Å². The summed E-state index contributed by atoms with van der Waals surface area (Å²) in [6.07, 6.45) is 17.4. The van der Waals surface area contributed by atoms with Crippen molar-refractivity contribution >= 4 is 34.1 Å². The van der Waals surface area contributed by atoms with Gasteiger partial charge in [0.25, 0.3) is 0 Å².